The molecule has 2 rings (SSSR count). The van der Waals surface area contributed by atoms with E-state index in [2.05, 4.69) is 0 Å². The van der Waals surface area contributed by atoms with Gasteiger partial charge in [0.1, 0.15) is 17.3 Å². The van der Waals surface area contributed by atoms with Crippen LogP contribution in [-0.2, 0) is 0 Å². The number of rotatable bonds is 3. The minimum absolute atomic E-state index is 0.0620. The molecule has 0 amide bonds. The highest BCUT2D eigenvalue weighted by Gasteiger charge is 2.01. The summed E-state index contributed by atoms with van der Waals surface area (Å²) in [6, 6.07) is 13.8. The largest absolute Gasteiger partial charge is 0.457 e. The molecule has 2 aromatic carbocycles. The molecule has 0 fully saturated rings. The number of hydrogen-bond donors (Lipinski definition) is 3. The highest BCUT2D eigenvalue weighted by atomic mass is 35.5. The van der Waals surface area contributed by atoms with Crippen molar-refractivity contribution in [3.63, 3.8) is 0 Å². The van der Waals surface area contributed by atoms with Crippen molar-refractivity contribution in [1.29, 1.82) is 5.41 Å². The Hall–Kier alpha value is -2.04. The predicted octanol–water partition coefficient (Wildman–Crippen LogP) is 3.44. The lowest BCUT2D eigenvalue weighted by Gasteiger charge is -2.07. The van der Waals surface area contributed by atoms with Crippen LogP contribution >= 0.6 is 11.6 Å². The minimum atomic E-state index is -0.0620. The van der Waals surface area contributed by atoms with Gasteiger partial charge in [-0.15, -0.1) is 0 Å². The number of hydrogen-bond acceptors (Lipinski definition) is 3. The van der Waals surface area contributed by atoms with E-state index in [4.69, 9.17) is 27.0 Å². The molecule has 2 aromatic rings. The lowest BCUT2D eigenvalue weighted by molar-refractivity contribution is 0.234. The maximum absolute atomic E-state index is 8.60. The van der Waals surface area contributed by atoms with Crippen molar-refractivity contribution in [3.05, 3.63) is 59.1 Å². The molecule has 3 N–H and O–H groups in total. The van der Waals surface area contributed by atoms with Crippen molar-refractivity contribution in [2.24, 2.45) is 0 Å². The molecular formula is C13H11ClN2O2. The van der Waals surface area contributed by atoms with E-state index in [1.54, 1.807) is 54.0 Å². The first-order valence-corrected chi connectivity index (χ1v) is 5.59. The molecule has 0 aliphatic heterocycles. The van der Waals surface area contributed by atoms with Crippen LogP contribution in [0.25, 0.3) is 0 Å². The lowest BCUT2D eigenvalue weighted by atomic mass is 10.2. The van der Waals surface area contributed by atoms with Crippen LogP contribution in [0.1, 0.15) is 5.56 Å². The van der Waals surface area contributed by atoms with Gasteiger partial charge < -0.3 is 4.74 Å². The Morgan fingerprint density at radius 2 is 1.50 bits per heavy atom. The van der Waals surface area contributed by atoms with E-state index in [9.17, 15) is 0 Å². The highest BCUT2D eigenvalue weighted by Crippen LogP contribution is 2.23. The van der Waals surface area contributed by atoms with Crippen molar-refractivity contribution >= 4 is 17.4 Å². The van der Waals surface area contributed by atoms with Gasteiger partial charge in [-0.1, -0.05) is 11.6 Å². The van der Waals surface area contributed by atoms with Crippen molar-refractivity contribution in [2.45, 2.75) is 0 Å². The van der Waals surface area contributed by atoms with Crippen LogP contribution in [0.3, 0.4) is 0 Å². The summed E-state index contributed by atoms with van der Waals surface area (Å²) in [7, 11) is 0. The maximum Gasteiger partial charge on any atom is 0.149 e. The van der Waals surface area contributed by atoms with Gasteiger partial charge >= 0.3 is 0 Å². The van der Waals surface area contributed by atoms with Crippen LogP contribution in [0.15, 0.2) is 48.5 Å². The summed E-state index contributed by atoms with van der Waals surface area (Å²) in [5.41, 5.74) is 2.35. The van der Waals surface area contributed by atoms with Gasteiger partial charge in [-0.05, 0) is 48.5 Å². The monoisotopic (exact) mass is 262 g/mol. The summed E-state index contributed by atoms with van der Waals surface area (Å²) in [4.78, 5) is 0. The smallest absolute Gasteiger partial charge is 0.149 e. The third-order valence-corrected chi connectivity index (χ3v) is 2.56. The molecule has 0 radical (unpaired) electrons. The molecule has 0 unspecified atom stereocenters. The predicted molar refractivity (Wildman–Crippen MR) is 69.7 cm³/mol. The van der Waals surface area contributed by atoms with Crippen LogP contribution < -0.4 is 10.2 Å². The molecule has 0 saturated heterocycles. The third kappa shape index (κ3) is 3.00. The van der Waals surface area contributed by atoms with Gasteiger partial charge in [0.15, 0.2) is 0 Å². The van der Waals surface area contributed by atoms with Gasteiger partial charge in [0.05, 0.1) is 0 Å². The summed E-state index contributed by atoms with van der Waals surface area (Å²) in [5, 5.41) is 16.6. The normalized spacial score (nSPS) is 9.89. The van der Waals surface area contributed by atoms with Gasteiger partial charge in [-0.25, -0.2) is 0 Å². The SMILES string of the molecule is N=C(NO)c1ccc(Oc2ccc(Cl)cc2)cc1. The van der Waals surface area contributed by atoms with Gasteiger partial charge in [-0.3, -0.25) is 16.1 Å². The molecule has 0 spiro atoms. The summed E-state index contributed by atoms with van der Waals surface area (Å²) < 4.78 is 5.59. The molecule has 5 heteroatoms. The Morgan fingerprint density at radius 3 is 2.00 bits per heavy atom. The fourth-order valence-electron chi connectivity index (χ4n) is 1.39. The molecule has 0 aliphatic carbocycles. The molecule has 92 valence electrons. The zero-order valence-corrected chi connectivity index (χ0v) is 10.1. The molecule has 0 bridgehead atoms. The second kappa shape index (κ2) is 5.53. The van der Waals surface area contributed by atoms with E-state index in [0.29, 0.717) is 22.1 Å². The summed E-state index contributed by atoms with van der Waals surface area (Å²) in [6.45, 7) is 0. The zero-order chi connectivity index (χ0) is 13.0. The molecule has 18 heavy (non-hydrogen) atoms. The summed E-state index contributed by atoms with van der Waals surface area (Å²) in [5.74, 6) is 1.27. The molecule has 4 nitrogen and oxygen atoms in total. The van der Waals surface area contributed by atoms with Crippen LogP contribution in [-0.4, -0.2) is 11.0 Å². The van der Waals surface area contributed by atoms with Crippen LogP contribution in [0.5, 0.6) is 11.5 Å². The highest BCUT2D eigenvalue weighted by molar-refractivity contribution is 6.30. The molecular weight excluding hydrogens is 252 g/mol. The number of nitrogens with one attached hydrogen (secondary N) is 2. The first-order valence-electron chi connectivity index (χ1n) is 5.21. The topological polar surface area (TPSA) is 65.3 Å². The quantitative estimate of drug-likeness (QED) is 0.451. The molecule has 0 aliphatic rings. The van der Waals surface area contributed by atoms with Crippen LogP contribution in [0, 0.1) is 5.41 Å². The Labute approximate surface area is 109 Å². The fourth-order valence-corrected chi connectivity index (χ4v) is 1.52. The first-order chi connectivity index (χ1) is 8.69. The second-order valence-electron chi connectivity index (χ2n) is 3.57. The Bertz CT molecular complexity index is 538. The number of ether oxygens (including phenoxy) is 1. The summed E-state index contributed by atoms with van der Waals surface area (Å²) >= 11 is 5.78. The van der Waals surface area contributed by atoms with Gasteiger partial charge in [0.2, 0.25) is 0 Å². The van der Waals surface area contributed by atoms with Crippen molar-refractivity contribution < 1.29 is 9.94 Å². The zero-order valence-electron chi connectivity index (χ0n) is 9.35. The Kier molecular flexibility index (Phi) is 3.82. The number of hydroxylamine groups is 1. The molecule has 0 aromatic heterocycles. The lowest BCUT2D eigenvalue weighted by Crippen LogP contribution is -2.18. The van der Waals surface area contributed by atoms with Crippen molar-refractivity contribution in [1.82, 2.24) is 5.48 Å². The van der Waals surface area contributed by atoms with E-state index in [1.165, 1.54) is 0 Å². The molecule has 0 atom stereocenters. The van der Waals surface area contributed by atoms with Crippen LogP contribution in [0.2, 0.25) is 5.02 Å². The average Bonchev–Trinajstić information content (AvgIpc) is 2.41. The second-order valence-corrected chi connectivity index (χ2v) is 4.00. The standard InChI is InChI=1S/C13H11ClN2O2/c14-10-3-7-12(8-4-10)18-11-5-1-9(2-6-11)13(15)16-17/h1-8,17H,(H2,15,16). The first kappa shape index (κ1) is 12.4. The average molecular weight is 263 g/mol. The van der Waals surface area contributed by atoms with Crippen LogP contribution in [0.4, 0.5) is 0 Å². The van der Waals surface area contributed by atoms with Crippen molar-refractivity contribution in [2.75, 3.05) is 0 Å². The summed E-state index contributed by atoms with van der Waals surface area (Å²) in [6.07, 6.45) is 0. The number of halogens is 1. The van der Waals surface area contributed by atoms with E-state index in [1.807, 2.05) is 0 Å². The minimum Gasteiger partial charge on any atom is -0.457 e. The maximum atomic E-state index is 8.60. The fraction of sp³-hybridized carbons (Fsp3) is 0. The molecule has 0 saturated carbocycles. The number of benzene rings is 2. The van der Waals surface area contributed by atoms with Gasteiger partial charge in [-0.2, -0.15) is 0 Å². The van der Waals surface area contributed by atoms with E-state index >= 15 is 0 Å². The molecule has 0 heterocycles. The number of amidine groups is 1. The third-order valence-electron chi connectivity index (χ3n) is 2.30. The Morgan fingerprint density at radius 1 is 1.00 bits per heavy atom. The van der Waals surface area contributed by atoms with E-state index in [0.717, 1.165) is 0 Å². The van der Waals surface area contributed by atoms with Gasteiger partial charge in [0, 0.05) is 10.6 Å². The van der Waals surface area contributed by atoms with E-state index in [-0.39, 0.29) is 5.84 Å². The Balaban J connectivity index is 2.10. The van der Waals surface area contributed by atoms with Gasteiger partial charge in [0.25, 0.3) is 0 Å². The van der Waals surface area contributed by atoms with E-state index < -0.39 is 0 Å². The van der Waals surface area contributed by atoms with Crippen molar-refractivity contribution in [3.8, 4) is 11.5 Å².